The molecule has 104 valence electrons. The molecule has 0 radical (unpaired) electrons. The highest BCUT2D eigenvalue weighted by molar-refractivity contribution is 7.99. The molecule has 1 heterocycles. The molecule has 0 saturated heterocycles. The Morgan fingerprint density at radius 3 is 2.79 bits per heavy atom. The number of nitrogens with one attached hydrogen (secondary N) is 1. The van der Waals surface area contributed by atoms with E-state index in [1.165, 1.54) is 37.4 Å². The second kappa shape index (κ2) is 5.15. The van der Waals surface area contributed by atoms with Gasteiger partial charge in [0, 0.05) is 12.1 Å². The van der Waals surface area contributed by atoms with Crippen molar-refractivity contribution < 1.29 is 4.79 Å². The van der Waals surface area contributed by atoms with Gasteiger partial charge in [0.05, 0.1) is 5.75 Å². The summed E-state index contributed by atoms with van der Waals surface area (Å²) in [6.07, 6.45) is 4.92. The van der Waals surface area contributed by atoms with E-state index in [9.17, 15) is 4.79 Å². The lowest BCUT2D eigenvalue weighted by Gasteiger charge is -2.12. The van der Waals surface area contributed by atoms with Gasteiger partial charge in [-0.05, 0) is 45.4 Å². The molecule has 2 saturated carbocycles. The third kappa shape index (κ3) is 3.11. The molecule has 0 bridgehead atoms. The van der Waals surface area contributed by atoms with Crippen molar-refractivity contribution in [3.05, 3.63) is 5.82 Å². The predicted molar refractivity (Wildman–Crippen MR) is 74.1 cm³/mol. The fraction of sp³-hybridized carbons (Fsp3) is 0.769. The Labute approximate surface area is 117 Å². The number of hydrogen-bond donors (Lipinski definition) is 1. The maximum atomic E-state index is 11.9. The molecule has 0 aromatic carbocycles. The summed E-state index contributed by atoms with van der Waals surface area (Å²) in [7, 11) is 0. The van der Waals surface area contributed by atoms with Crippen LogP contribution in [-0.2, 0) is 4.79 Å². The summed E-state index contributed by atoms with van der Waals surface area (Å²) in [6, 6.07) is 0.877. The van der Waals surface area contributed by atoms with Gasteiger partial charge < -0.3 is 9.88 Å². The second-order valence-corrected chi connectivity index (χ2v) is 6.56. The average Bonchev–Trinajstić information content (AvgIpc) is 3.25. The van der Waals surface area contributed by atoms with E-state index in [1.807, 2.05) is 6.92 Å². The van der Waals surface area contributed by atoms with Crippen molar-refractivity contribution in [3.63, 3.8) is 0 Å². The first-order valence-corrected chi connectivity index (χ1v) is 7.97. The number of carbonyl (C=O) groups is 1. The molecular weight excluding hydrogens is 260 g/mol. The summed E-state index contributed by atoms with van der Waals surface area (Å²) >= 11 is 1.50. The Hall–Kier alpha value is -1.04. The van der Waals surface area contributed by atoms with Crippen LogP contribution in [-0.4, -0.2) is 32.5 Å². The Kier molecular flexibility index (Phi) is 3.52. The van der Waals surface area contributed by atoms with E-state index in [4.69, 9.17) is 0 Å². The number of carbonyl (C=O) groups excluding carboxylic acids is 1. The van der Waals surface area contributed by atoms with Crippen LogP contribution in [0.25, 0.3) is 0 Å². The standard InChI is InChI=1S/C13H20N4OS/c1-8(10-3-4-10)14-12(18)7-19-13-16-15-9(2)17(13)11-5-6-11/h8,10-11H,3-7H2,1-2H3,(H,14,18)/t8-/m0/s1. The molecule has 2 aliphatic rings. The molecule has 1 aromatic rings. The number of nitrogens with zero attached hydrogens (tertiary/aromatic N) is 3. The first kappa shape index (κ1) is 13.0. The second-order valence-electron chi connectivity index (χ2n) is 5.61. The van der Waals surface area contributed by atoms with Gasteiger partial charge in [-0.2, -0.15) is 0 Å². The lowest BCUT2D eigenvalue weighted by molar-refractivity contribution is -0.119. The molecule has 1 N–H and O–H groups in total. The number of aromatic nitrogens is 3. The van der Waals surface area contributed by atoms with Gasteiger partial charge in [0.15, 0.2) is 5.16 Å². The molecule has 1 amide bonds. The number of hydrogen-bond acceptors (Lipinski definition) is 4. The number of aryl methyl sites for hydroxylation is 1. The van der Waals surface area contributed by atoms with Crippen LogP contribution in [0.3, 0.4) is 0 Å². The lowest BCUT2D eigenvalue weighted by Crippen LogP contribution is -2.35. The van der Waals surface area contributed by atoms with Crippen molar-refractivity contribution in [1.29, 1.82) is 0 Å². The largest absolute Gasteiger partial charge is 0.353 e. The van der Waals surface area contributed by atoms with Crippen molar-refractivity contribution >= 4 is 17.7 Å². The molecule has 6 heteroatoms. The summed E-state index contributed by atoms with van der Waals surface area (Å²) in [5, 5.41) is 12.2. The molecule has 0 aliphatic heterocycles. The van der Waals surface area contributed by atoms with Crippen LogP contribution in [0.4, 0.5) is 0 Å². The Morgan fingerprint density at radius 2 is 2.16 bits per heavy atom. The highest BCUT2D eigenvalue weighted by Crippen LogP contribution is 2.38. The van der Waals surface area contributed by atoms with Crippen LogP contribution in [0.5, 0.6) is 0 Å². The minimum Gasteiger partial charge on any atom is -0.353 e. The molecule has 5 nitrogen and oxygen atoms in total. The number of rotatable bonds is 6. The molecule has 0 spiro atoms. The van der Waals surface area contributed by atoms with Gasteiger partial charge in [-0.3, -0.25) is 4.79 Å². The van der Waals surface area contributed by atoms with Crippen LogP contribution in [0.2, 0.25) is 0 Å². The SMILES string of the molecule is Cc1nnc(SCC(=O)N[C@@H](C)C2CC2)n1C1CC1. The van der Waals surface area contributed by atoms with Crippen LogP contribution in [0.15, 0.2) is 5.16 Å². The highest BCUT2D eigenvalue weighted by Gasteiger charge is 2.30. The predicted octanol–water partition coefficient (Wildman–Crippen LogP) is 1.93. The van der Waals surface area contributed by atoms with Crippen molar-refractivity contribution in [2.75, 3.05) is 5.75 Å². The van der Waals surface area contributed by atoms with Crippen molar-refractivity contribution in [1.82, 2.24) is 20.1 Å². The quantitative estimate of drug-likeness (QED) is 0.809. The van der Waals surface area contributed by atoms with Gasteiger partial charge >= 0.3 is 0 Å². The molecule has 2 aliphatic carbocycles. The van der Waals surface area contributed by atoms with Gasteiger partial charge in [-0.15, -0.1) is 10.2 Å². The maximum Gasteiger partial charge on any atom is 0.230 e. The molecule has 0 unspecified atom stereocenters. The first-order valence-electron chi connectivity index (χ1n) is 6.99. The Morgan fingerprint density at radius 1 is 1.42 bits per heavy atom. The number of thioether (sulfide) groups is 1. The van der Waals surface area contributed by atoms with Gasteiger partial charge in [0.2, 0.25) is 5.91 Å². The van der Waals surface area contributed by atoms with E-state index < -0.39 is 0 Å². The summed E-state index contributed by atoms with van der Waals surface area (Å²) in [5.41, 5.74) is 0. The zero-order valence-corrected chi connectivity index (χ0v) is 12.2. The molecular formula is C13H20N4OS. The minimum absolute atomic E-state index is 0.104. The van der Waals surface area contributed by atoms with E-state index >= 15 is 0 Å². The van der Waals surface area contributed by atoms with Gasteiger partial charge in [0.1, 0.15) is 5.82 Å². The van der Waals surface area contributed by atoms with E-state index in [0.717, 1.165) is 11.0 Å². The van der Waals surface area contributed by atoms with Crippen molar-refractivity contribution in [2.45, 2.75) is 56.8 Å². The molecule has 19 heavy (non-hydrogen) atoms. The Balaban J connectivity index is 1.52. The first-order chi connectivity index (χ1) is 9.15. The molecule has 2 fully saturated rings. The van der Waals surface area contributed by atoms with Crippen molar-refractivity contribution in [2.24, 2.45) is 5.92 Å². The normalized spacial score (nSPS) is 20.3. The molecule has 3 rings (SSSR count). The Bertz CT molecular complexity index is 479. The molecule has 1 atom stereocenters. The van der Waals surface area contributed by atoms with Crippen LogP contribution < -0.4 is 5.32 Å². The van der Waals surface area contributed by atoms with Gasteiger partial charge in [-0.1, -0.05) is 11.8 Å². The highest BCUT2D eigenvalue weighted by atomic mass is 32.2. The number of amides is 1. The topological polar surface area (TPSA) is 59.8 Å². The third-order valence-electron chi connectivity index (χ3n) is 3.80. The average molecular weight is 280 g/mol. The van der Waals surface area contributed by atoms with Crippen molar-refractivity contribution in [3.8, 4) is 0 Å². The van der Waals surface area contributed by atoms with E-state index in [-0.39, 0.29) is 5.91 Å². The van der Waals surface area contributed by atoms with E-state index in [0.29, 0.717) is 23.8 Å². The molecule has 1 aromatic heterocycles. The maximum absolute atomic E-state index is 11.9. The van der Waals surface area contributed by atoms with Gasteiger partial charge in [-0.25, -0.2) is 0 Å². The summed E-state index contributed by atoms with van der Waals surface area (Å²) in [4.78, 5) is 11.9. The van der Waals surface area contributed by atoms with Crippen LogP contribution >= 0.6 is 11.8 Å². The fourth-order valence-corrected chi connectivity index (χ4v) is 3.20. The zero-order valence-electron chi connectivity index (χ0n) is 11.4. The minimum atomic E-state index is 0.104. The van der Waals surface area contributed by atoms with E-state index in [1.54, 1.807) is 0 Å². The smallest absolute Gasteiger partial charge is 0.230 e. The summed E-state index contributed by atoms with van der Waals surface area (Å²) < 4.78 is 2.17. The van der Waals surface area contributed by atoms with Crippen LogP contribution in [0, 0.1) is 12.8 Å². The van der Waals surface area contributed by atoms with Crippen LogP contribution in [0.1, 0.15) is 44.5 Å². The summed E-state index contributed by atoms with van der Waals surface area (Å²) in [6.45, 7) is 4.07. The zero-order chi connectivity index (χ0) is 13.4. The monoisotopic (exact) mass is 280 g/mol. The summed E-state index contributed by atoms with van der Waals surface area (Å²) in [5.74, 6) is 2.19. The third-order valence-corrected chi connectivity index (χ3v) is 4.74. The van der Waals surface area contributed by atoms with Gasteiger partial charge in [0.25, 0.3) is 0 Å². The lowest BCUT2D eigenvalue weighted by atomic mass is 10.2. The fourth-order valence-electron chi connectivity index (χ4n) is 2.34. The van der Waals surface area contributed by atoms with E-state index in [2.05, 4.69) is 27.0 Å².